The van der Waals surface area contributed by atoms with Crippen molar-refractivity contribution in [3.63, 3.8) is 0 Å². The third-order valence-corrected chi connectivity index (χ3v) is 4.49. The highest BCUT2D eigenvalue weighted by atomic mass is 16.5. The maximum Gasteiger partial charge on any atom is 0.247 e. The van der Waals surface area contributed by atoms with E-state index in [1.54, 1.807) is 24.5 Å². The topological polar surface area (TPSA) is 87.2 Å². The molecule has 6 nitrogen and oxygen atoms in total. The van der Waals surface area contributed by atoms with Gasteiger partial charge in [-0.1, -0.05) is 12.1 Å². The molecule has 3 heterocycles. The van der Waals surface area contributed by atoms with Crippen LogP contribution in [-0.2, 0) is 0 Å². The number of rotatable bonds is 3. The Balaban J connectivity index is 1.75. The van der Waals surface area contributed by atoms with Crippen molar-refractivity contribution < 1.29 is 9.84 Å². The van der Waals surface area contributed by atoms with Crippen LogP contribution in [0.2, 0.25) is 0 Å². The molecule has 1 aliphatic heterocycles. The van der Waals surface area contributed by atoms with E-state index >= 15 is 0 Å². The first-order chi connectivity index (χ1) is 12.2. The first kappa shape index (κ1) is 15.3. The number of hydrogen-bond donors (Lipinski definition) is 3. The van der Waals surface area contributed by atoms with Crippen molar-refractivity contribution in [3.8, 4) is 22.6 Å². The van der Waals surface area contributed by atoms with Crippen LogP contribution < -0.4 is 15.6 Å². The minimum atomic E-state index is -0.113. The normalized spacial score (nSPS) is 15.5. The van der Waals surface area contributed by atoms with E-state index in [0.717, 1.165) is 34.6 Å². The van der Waals surface area contributed by atoms with Crippen LogP contribution in [0.25, 0.3) is 11.1 Å². The van der Waals surface area contributed by atoms with Crippen LogP contribution in [0.3, 0.4) is 0 Å². The maximum atomic E-state index is 11.3. The first-order valence-electron chi connectivity index (χ1n) is 7.95. The lowest BCUT2D eigenvalue weighted by Gasteiger charge is -2.12. The molecule has 0 radical (unpaired) electrons. The molecule has 0 aliphatic carbocycles. The van der Waals surface area contributed by atoms with Crippen LogP contribution in [0.4, 0.5) is 5.82 Å². The predicted molar refractivity (Wildman–Crippen MR) is 95.3 cm³/mol. The Morgan fingerprint density at radius 3 is 2.84 bits per heavy atom. The van der Waals surface area contributed by atoms with Gasteiger partial charge in [0, 0.05) is 42.0 Å². The average molecular weight is 335 g/mol. The van der Waals surface area contributed by atoms with E-state index in [4.69, 9.17) is 4.74 Å². The molecular weight excluding hydrogens is 318 g/mol. The number of phenolic OH excluding ortho intramolecular Hbond substituents is 1. The molecule has 0 saturated heterocycles. The van der Waals surface area contributed by atoms with Gasteiger partial charge >= 0.3 is 0 Å². The van der Waals surface area contributed by atoms with E-state index in [1.165, 1.54) is 13.2 Å². The van der Waals surface area contributed by atoms with Gasteiger partial charge in [-0.05, 0) is 29.3 Å². The van der Waals surface area contributed by atoms with Crippen molar-refractivity contribution >= 4 is 5.82 Å². The van der Waals surface area contributed by atoms with Gasteiger partial charge in [-0.15, -0.1) is 0 Å². The van der Waals surface area contributed by atoms with Gasteiger partial charge in [0.25, 0.3) is 0 Å². The smallest absolute Gasteiger partial charge is 0.247 e. The number of pyridine rings is 2. The monoisotopic (exact) mass is 335 g/mol. The molecule has 6 heteroatoms. The Kier molecular flexibility index (Phi) is 3.65. The summed E-state index contributed by atoms with van der Waals surface area (Å²) in [7, 11) is 1.52. The molecule has 3 N–H and O–H groups in total. The first-order valence-corrected chi connectivity index (χ1v) is 7.95. The number of aromatic amines is 1. The summed E-state index contributed by atoms with van der Waals surface area (Å²) in [6.45, 7) is 0.733. The Morgan fingerprint density at radius 1 is 1.20 bits per heavy atom. The second kappa shape index (κ2) is 5.98. The summed E-state index contributed by atoms with van der Waals surface area (Å²) in [5.41, 5.74) is 3.86. The summed E-state index contributed by atoms with van der Waals surface area (Å²) in [6, 6.07) is 10.7. The van der Waals surface area contributed by atoms with Gasteiger partial charge in [0.1, 0.15) is 5.82 Å². The number of H-pyrrole nitrogens is 1. The van der Waals surface area contributed by atoms with Crippen LogP contribution in [0.5, 0.6) is 11.5 Å². The van der Waals surface area contributed by atoms with Crippen molar-refractivity contribution in [1.29, 1.82) is 0 Å². The van der Waals surface area contributed by atoms with Gasteiger partial charge in [-0.25, -0.2) is 4.98 Å². The number of nitrogens with one attached hydrogen (secondary N) is 2. The lowest BCUT2D eigenvalue weighted by Crippen LogP contribution is -2.08. The Hall–Kier alpha value is -3.28. The molecular formula is C19H17N3O3. The molecule has 0 bridgehead atoms. The zero-order chi connectivity index (χ0) is 17.4. The fourth-order valence-electron chi connectivity index (χ4n) is 3.16. The quantitative estimate of drug-likeness (QED) is 0.685. The summed E-state index contributed by atoms with van der Waals surface area (Å²) < 4.78 is 5.18. The van der Waals surface area contributed by atoms with Crippen molar-refractivity contribution in [2.24, 2.45) is 0 Å². The SMILES string of the molecule is COc1cc(-c2cnc3c(c2)C(c2ccc(=O)[nH]c2)CN3)ccc1O. The Morgan fingerprint density at radius 2 is 2.08 bits per heavy atom. The van der Waals surface area contributed by atoms with Gasteiger partial charge in [-0.3, -0.25) is 4.79 Å². The van der Waals surface area contributed by atoms with Gasteiger partial charge in [-0.2, -0.15) is 0 Å². The third-order valence-electron chi connectivity index (χ3n) is 4.49. The van der Waals surface area contributed by atoms with E-state index in [-0.39, 0.29) is 17.2 Å². The molecule has 2 aromatic heterocycles. The maximum absolute atomic E-state index is 11.3. The molecule has 0 spiro atoms. The Bertz CT molecular complexity index is 977. The van der Waals surface area contributed by atoms with Crippen molar-refractivity contribution in [2.45, 2.75) is 5.92 Å². The zero-order valence-corrected chi connectivity index (χ0v) is 13.6. The van der Waals surface area contributed by atoms with Crippen LogP contribution >= 0.6 is 0 Å². The largest absolute Gasteiger partial charge is 0.504 e. The lowest BCUT2D eigenvalue weighted by atomic mass is 9.93. The highest BCUT2D eigenvalue weighted by Crippen LogP contribution is 2.38. The number of phenols is 1. The van der Waals surface area contributed by atoms with E-state index in [9.17, 15) is 9.90 Å². The average Bonchev–Trinajstić information content (AvgIpc) is 3.06. The molecule has 0 fully saturated rings. The van der Waals surface area contributed by atoms with Crippen LogP contribution in [0.15, 0.2) is 53.6 Å². The van der Waals surface area contributed by atoms with Crippen molar-refractivity contribution in [1.82, 2.24) is 9.97 Å². The summed E-state index contributed by atoms with van der Waals surface area (Å²) in [4.78, 5) is 18.5. The number of anilines is 1. The minimum absolute atomic E-state index is 0.105. The highest BCUT2D eigenvalue weighted by Gasteiger charge is 2.25. The molecule has 0 saturated carbocycles. The summed E-state index contributed by atoms with van der Waals surface area (Å²) in [6.07, 6.45) is 3.55. The molecule has 126 valence electrons. The van der Waals surface area contributed by atoms with Gasteiger partial charge in [0.2, 0.25) is 5.56 Å². The third kappa shape index (κ3) is 2.71. The lowest BCUT2D eigenvalue weighted by molar-refractivity contribution is 0.373. The van der Waals surface area contributed by atoms with Gasteiger partial charge < -0.3 is 20.1 Å². The van der Waals surface area contributed by atoms with Crippen molar-refractivity contribution in [3.05, 3.63) is 70.3 Å². The molecule has 1 aromatic carbocycles. The second-order valence-corrected chi connectivity index (χ2v) is 5.97. The van der Waals surface area contributed by atoms with E-state index in [2.05, 4.69) is 21.4 Å². The molecule has 4 rings (SSSR count). The van der Waals surface area contributed by atoms with Crippen LogP contribution in [0, 0.1) is 0 Å². The van der Waals surface area contributed by atoms with E-state index < -0.39 is 0 Å². The van der Waals surface area contributed by atoms with Crippen LogP contribution in [-0.4, -0.2) is 28.7 Å². The molecule has 0 amide bonds. The number of benzene rings is 1. The number of ether oxygens (including phenoxy) is 1. The fourth-order valence-corrected chi connectivity index (χ4v) is 3.16. The van der Waals surface area contributed by atoms with Crippen molar-refractivity contribution in [2.75, 3.05) is 19.0 Å². The van der Waals surface area contributed by atoms with Gasteiger partial charge in [0.15, 0.2) is 11.5 Å². The molecule has 1 atom stereocenters. The molecule has 1 aliphatic rings. The number of aromatic nitrogens is 2. The fraction of sp³-hybridized carbons (Fsp3) is 0.158. The highest BCUT2D eigenvalue weighted by molar-refractivity contribution is 5.70. The molecule has 3 aromatic rings. The summed E-state index contributed by atoms with van der Waals surface area (Å²) in [5, 5.41) is 13.1. The zero-order valence-electron chi connectivity index (χ0n) is 13.6. The van der Waals surface area contributed by atoms with E-state index in [0.29, 0.717) is 5.75 Å². The Labute approximate surface area is 144 Å². The number of nitrogens with zero attached hydrogens (tertiary/aromatic N) is 1. The predicted octanol–water partition coefficient (Wildman–Crippen LogP) is 2.71. The number of hydrogen-bond acceptors (Lipinski definition) is 5. The summed E-state index contributed by atoms with van der Waals surface area (Å²) in [5.74, 6) is 1.51. The second-order valence-electron chi connectivity index (χ2n) is 5.97. The van der Waals surface area contributed by atoms with Gasteiger partial charge in [0.05, 0.1) is 7.11 Å². The number of methoxy groups -OCH3 is 1. The standard InChI is InChI=1S/C19H17N3O3/c1-25-17-7-11(2-4-16(17)23)13-6-14-15(10-22-19(14)21-9-13)12-3-5-18(24)20-8-12/h2-9,15,23H,10H2,1H3,(H,20,24)(H,21,22). The van der Waals surface area contributed by atoms with E-state index in [1.807, 2.05) is 12.1 Å². The minimum Gasteiger partial charge on any atom is -0.504 e. The molecule has 25 heavy (non-hydrogen) atoms. The van der Waals surface area contributed by atoms with Crippen LogP contribution in [0.1, 0.15) is 17.0 Å². The number of aromatic hydroxyl groups is 1. The molecule has 1 unspecified atom stereocenters. The summed E-state index contributed by atoms with van der Waals surface area (Å²) >= 11 is 0. The number of fused-ring (bicyclic) bond motifs is 1.